The molecule has 3 aromatic heterocycles. The second-order valence-electron chi connectivity index (χ2n) is 6.68. The second-order valence-corrected chi connectivity index (χ2v) is 7.62. The van der Waals surface area contributed by atoms with E-state index in [1.807, 2.05) is 71.3 Å². The van der Waals surface area contributed by atoms with Crippen LogP contribution in [0.2, 0.25) is 0 Å². The Kier molecular flexibility index (Phi) is 4.82. The number of H-pyrrole nitrogens is 1. The first-order chi connectivity index (χ1) is 15.2. The van der Waals surface area contributed by atoms with E-state index in [1.165, 1.54) is 28.5 Å². The normalized spacial score (nSPS) is 10.9. The van der Waals surface area contributed by atoms with Crippen LogP contribution in [-0.2, 0) is 5.75 Å². The Labute approximate surface area is 180 Å². The van der Waals surface area contributed by atoms with Crippen molar-refractivity contribution < 1.29 is 0 Å². The molecule has 0 spiro atoms. The van der Waals surface area contributed by atoms with Gasteiger partial charge in [0.15, 0.2) is 16.6 Å². The summed E-state index contributed by atoms with van der Waals surface area (Å²) in [6, 6.07) is 23.2. The van der Waals surface area contributed by atoms with Crippen LogP contribution in [0.4, 0.5) is 0 Å². The predicted molar refractivity (Wildman–Crippen MR) is 117 cm³/mol. The summed E-state index contributed by atoms with van der Waals surface area (Å²) in [7, 11) is 0. The number of rotatable bonds is 5. The number of hydrogen-bond donors (Lipinski definition) is 1. The zero-order valence-corrected chi connectivity index (χ0v) is 17.0. The standard InChI is InChI=1S/C22H15N7OS/c23-12-16-13-24-29-19(30)11-17(25-20(16)29)14-31-22-27-26-21(15-7-3-1-4-8-15)28(22)18-9-5-2-6-10-18/h1-11,13,24H,14H2. The molecule has 0 aliphatic carbocycles. The maximum atomic E-state index is 12.4. The fourth-order valence-electron chi connectivity index (χ4n) is 3.27. The van der Waals surface area contributed by atoms with E-state index in [1.54, 1.807) is 0 Å². The summed E-state index contributed by atoms with van der Waals surface area (Å²) in [5, 5.41) is 21.5. The van der Waals surface area contributed by atoms with Crippen LogP contribution in [0.15, 0.2) is 82.9 Å². The highest BCUT2D eigenvalue weighted by molar-refractivity contribution is 7.98. The summed E-state index contributed by atoms with van der Waals surface area (Å²) >= 11 is 1.43. The van der Waals surface area contributed by atoms with Crippen molar-refractivity contribution in [3.63, 3.8) is 0 Å². The summed E-state index contributed by atoms with van der Waals surface area (Å²) < 4.78 is 3.25. The summed E-state index contributed by atoms with van der Waals surface area (Å²) in [6.07, 6.45) is 1.47. The first-order valence-electron chi connectivity index (χ1n) is 9.44. The van der Waals surface area contributed by atoms with Crippen LogP contribution >= 0.6 is 11.8 Å². The van der Waals surface area contributed by atoms with Gasteiger partial charge in [-0.05, 0) is 12.1 Å². The van der Waals surface area contributed by atoms with Gasteiger partial charge in [-0.3, -0.25) is 14.5 Å². The molecule has 2 aromatic carbocycles. The molecule has 0 radical (unpaired) electrons. The number of nitriles is 1. The van der Waals surface area contributed by atoms with Crippen molar-refractivity contribution >= 4 is 17.4 Å². The van der Waals surface area contributed by atoms with Gasteiger partial charge in [-0.2, -0.15) is 5.26 Å². The Morgan fingerprint density at radius 3 is 2.52 bits per heavy atom. The van der Waals surface area contributed by atoms with Crippen LogP contribution in [0.25, 0.3) is 22.7 Å². The molecule has 0 saturated carbocycles. The van der Waals surface area contributed by atoms with Crippen LogP contribution in [0.1, 0.15) is 11.3 Å². The molecular weight excluding hydrogens is 410 g/mol. The summed E-state index contributed by atoms with van der Waals surface area (Å²) in [5.74, 6) is 1.14. The molecule has 0 aliphatic heterocycles. The zero-order valence-electron chi connectivity index (χ0n) is 16.1. The maximum absolute atomic E-state index is 12.4. The highest BCUT2D eigenvalue weighted by Gasteiger charge is 2.17. The number of aromatic nitrogens is 6. The minimum absolute atomic E-state index is 0.267. The van der Waals surface area contributed by atoms with Gasteiger partial charge in [0.2, 0.25) is 0 Å². The molecule has 5 rings (SSSR count). The van der Waals surface area contributed by atoms with Crippen molar-refractivity contribution in [1.82, 2.24) is 29.4 Å². The lowest BCUT2D eigenvalue weighted by molar-refractivity contribution is 0.878. The fourth-order valence-corrected chi connectivity index (χ4v) is 4.12. The van der Waals surface area contributed by atoms with Gasteiger partial charge in [0.1, 0.15) is 11.6 Å². The van der Waals surface area contributed by atoms with Gasteiger partial charge in [0.05, 0.1) is 5.69 Å². The van der Waals surface area contributed by atoms with E-state index in [9.17, 15) is 10.1 Å². The molecule has 31 heavy (non-hydrogen) atoms. The molecule has 0 saturated heterocycles. The van der Waals surface area contributed by atoms with Gasteiger partial charge in [-0.15, -0.1) is 10.2 Å². The topological polar surface area (TPSA) is 105 Å². The van der Waals surface area contributed by atoms with E-state index in [0.717, 1.165) is 17.1 Å². The lowest BCUT2D eigenvalue weighted by atomic mass is 10.2. The number of hydrogen-bond acceptors (Lipinski definition) is 6. The van der Waals surface area contributed by atoms with Gasteiger partial charge in [0, 0.05) is 29.3 Å². The number of thioether (sulfide) groups is 1. The summed E-state index contributed by atoms with van der Waals surface area (Å²) in [5.41, 5.74) is 2.83. The first kappa shape index (κ1) is 18.8. The molecule has 0 aliphatic rings. The predicted octanol–water partition coefficient (Wildman–Crippen LogP) is 3.43. The molecule has 3 heterocycles. The Bertz CT molecular complexity index is 1460. The highest BCUT2D eigenvalue weighted by Crippen LogP contribution is 2.29. The zero-order chi connectivity index (χ0) is 21.2. The van der Waals surface area contributed by atoms with Crippen molar-refractivity contribution in [3.05, 3.63) is 94.5 Å². The Balaban J connectivity index is 1.53. The molecule has 0 amide bonds. The van der Waals surface area contributed by atoms with E-state index < -0.39 is 0 Å². The maximum Gasteiger partial charge on any atom is 0.272 e. The monoisotopic (exact) mass is 425 g/mol. The molecule has 0 atom stereocenters. The average Bonchev–Trinajstić information content (AvgIpc) is 3.43. The molecule has 9 heteroatoms. The Hall–Kier alpha value is -4.16. The first-order valence-corrected chi connectivity index (χ1v) is 10.4. The molecule has 0 unspecified atom stereocenters. The average molecular weight is 425 g/mol. The number of benzene rings is 2. The van der Waals surface area contributed by atoms with Gasteiger partial charge in [0.25, 0.3) is 5.56 Å². The molecule has 5 aromatic rings. The molecular formula is C22H15N7OS. The molecule has 150 valence electrons. The summed E-state index contributed by atoms with van der Waals surface area (Å²) in [6.45, 7) is 0. The third-order valence-corrected chi connectivity index (χ3v) is 5.66. The minimum atomic E-state index is -0.267. The van der Waals surface area contributed by atoms with E-state index in [2.05, 4.69) is 20.3 Å². The lowest BCUT2D eigenvalue weighted by Gasteiger charge is -2.10. The smallest absolute Gasteiger partial charge is 0.272 e. The largest absolute Gasteiger partial charge is 0.295 e. The van der Waals surface area contributed by atoms with E-state index in [4.69, 9.17) is 0 Å². The molecule has 1 N–H and O–H groups in total. The van der Waals surface area contributed by atoms with Gasteiger partial charge in [-0.25, -0.2) is 9.50 Å². The van der Waals surface area contributed by atoms with E-state index >= 15 is 0 Å². The molecule has 0 bridgehead atoms. The van der Waals surface area contributed by atoms with Gasteiger partial charge < -0.3 is 0 Å². The number of fused-ring (bicyclic) bond motifs is 1. The van der Waals surface area contributed by atoms with Crippen molar-refractivity contribution in [1.29, 1.82) is 5.26 Å². The third kappa shape index (κ3) is 3.49. The van der Waals surface area contributed by atoms with Crippen molar-refractivity contribution in [2.75, 3.05) is 0 Å². The van der Waals surface area contributed by atoms with Gasteiger partial charge in [-0.1, -0.05) is 60.3 Å². The minimum Gasteiger partial charge on any atom is -0.295 e. The van der Waals surface area contributed by atoms with E-state index in [-0.39, 0.29) is 5.56 Å². The van der Waals surface area contributed by atoms with E-state index in [0.29, 0.717) is 27.8 Å². The Morgan fingerprint density at radius 1 is 1.03 bits per heavy atom. The van der Waals surface area contributed by atoms with Crippen LogP contribution in [-0.4, -0.2) is 29.4 Å². The number of para-hydroxylation sites is 1. The fraction of sp³-hybridized carbons (Fsp3) is 0.0455. The van der Waals surface area contributed by atoms with Crippen molar-refractivity contribution in [3.8, 4) is 23.1 Å². The quantitative estimate of drug-likeness (QED) is 0.433. The SMILES string of the molecule is N#Cc1c[nH]n2c(=O)cc(CSc3nnc(-c4ccccc4)n3-c3ccccc3)nc12. The van der Waals surface area contributed by atoms with Crippen molar-refractivity contribution in [2.24, 2.45) is 0 Å². The number of aromatic amines is 1. The van der Waals surface area contributed by atoms with Crippen LogP contribution in [0, 0.1) is 11.3 Å². The van der Waals surface area contributed by atoms with Gasteiger partial charge >= 0.3 is 0 Å². The molecule has 0 fully saturated rings. The van der Waals surface area contributed by atoms with Crippen molar-refractivity contribution in [2.45, 2.75) is 10.9 Å². The second kappa shape index (κ2) is 7.93. The van der Waals surface area contributed by atoms with Crippen LogP contribution in [0.5, 0.6) is 0 Å². The van der Waals surface area contributed by atoms with Crippen LogP contribution < -0.4 is 5.56 Å². The summed E-state index contributed by atoms with van der Waals surface area (Å²) in [4.78, 5) is 16.8. The Morgan fingerprint density at radius 2 is 1.77 bits per heavy atom. The number of nitrogens with one attached hydrogen (secondary N) is 1. The molecule has 8 nitrogen and oxygen atoms in total. The third-order valence-electron chi connectivity index (χ3n) is 4.70. The highest BCUT2D eigenvalue weighted by atomic mass is 32.2. The number of nitrogens with zero attached hydrogens (tertiary/aromatic N) is 6. The lowest BCUT2D eigenvalue weighted by Crippen LogP contribution is -2.15. The van der Waals surface area contributed by atoms with Crippen LogP contribution in [0.3, 0.4) is 0 Å².